The van der Waals surface area contributed by atoms with Gasteiger partial charge in [-0.3, -0.25) is 23.9 Å². The first-order valence-electron chi connectivity index (χ1n) is 13.6. The molecule has 4 heterocycles. The van der Waals surface area contributed by atoms with Gasteiger partial charge in [0.15, 0.2) is 5.52 Å². The van der Waals surface area contributed by atoms with Crippen LogP contribution in [0, 0.1) is 5.82 Å². The second kappa shape index (κ2) is 11.2. The summed E-state index contributed by atoms with van der Waals surface area (Å²) in [6.45, 7) is 2.55. The third kappa shape index (κ3) is 5.58. The summed E-state index contributed by atoms with van der Waals surface area (Å²) < 4.78 is 18.0. The van der Waals surface area contributed by atoms with E-state index in [4.69, 9.17) is 0 Å². The summed E-state index contributed by atoms with van der Waals surface area (Å²) in [5, 5.41) is 19.0. The van der Waals surface area contributed by atoms with E-state index in [1.54, 1.807) is 29.5 Å². The van der Waals surface area contributed by atoms with Crippen LogP contribution in [0.3, 0.4) is 0 Å². The Balaban J connectivity index is 1.14. The highest BCUT2D eigenvalue weighted by atomic mass is 32.1. The lowest BCUT2D eigenvalue weighted by Gasteiger charge is -2.38. The molecule has 1 aliphatic rings. The van der Waals surface area contributed by atoms with Gasteiger partial charge in [0.1, 0.15) is 11.3 Å². The third-order valence-electron chi connectivity index (χ3n) is 7.84. The van der Waals surface area contributed by atoms with Crippen LogP contribution in [0.2, 0.25) is 0 Å². The van der Waals surface area contributed by atoms with E-state index in [2.05, 4.69) is 25.3 Å². The van der Waals surface area contributed by atoms with E-state index in [9.17, 15) is 14.3 Å². The van der Waals surface area contributed by atoms with Crippen LogP contribution in [0.25, 0.3) is 32.7 Å². The van der Waals surface area contributed by atoms with Crippen molar-refractivity contribution in [2.24, 2.45) is 7.05 Å². The molecule has 0 spiro atoms. The predicted molar refractivity (Wildman–Crippen MR) is 158 cm³/mol. The molecule has 0 amide bonds. The largest absolute Gasteiger partial charge is 0.388 e. The van der Waals surface area contributed by atoms with Gasteiger partial charge in [0.2, 0.25) is 0 Å². The molecule has 3 aromatic heterocycles. The van der Waals surface area contributed by atoms with Gasteiger partial charge in [0.05, 0.1) is 34.6 Å². The molecule has 1 saturated heterocycles. The highest BCUT2D eigenvalue weighted by molar-refractivity contribution is 7.13. The molecule has 0 saturated carbocycles. The Morgan fingerprint density at radius 3 is 2.54 bits per heavy atom. The zero-order valence-corrected chi connectivity index (χ0v) is 23.9. The van der Waals surface area contributed by atoms with Crippen molar-refractivity contribution in [1.82, 2.24) is 34.5 Å². The van der Waals surface area contributed by atoms with Crippen molar-refractivity contribution >= 4 is 22.4 Å². The van der Waals surface area contributed by atoms with Gasteiger partial charge in [-0.05, 0) is 37.1 Å². The van der Waals surface area contributed by atoms with Crippen LogP contribution in [0.1, 0.15) is 24.0 Å². The number of piperidine rings is 1. The molecule has 0 radical (unpaired) electrons. The van der Waals surface area contributed by atoms with Crippen LogP contribution in [0.5, 0.6) is 0 Å². The van der Waals surface area contributed by atoms with Crippen LogP contribution in [-0.4, -0.2) is 60.1 Å². The van der Waals surface area contributed by atoms with Crippen molar-refractivity contribution in [3.63, 3.8) is 0 Å². The van der Waals surface area contributed by atoms with E-state index >= 15 is 0 Å². The van der Waals surface area contributed by atoms with Gasteiger partial charge < -0.3 is 10.4 Å². The first-order chi connectivity index (χ1) is 19.8. The van der Waals surface area contributed by atoms with E-state index in [0.717, 1.165) is 33.8 Å². The van der Waals surface area contributed by atoms with Crippen LogP contribution in [0.4, 0.5) is 4.39 Å². The maximum Gasteiger partial charge on any atom is 0.281 e. The number of halogens is 1. The highest BCUT2D eigenvalue weighted by Gasteiger charge is 2.33. The number of rotatable bonds is 8. The first-order valence-corrected chi connectivity index (χ1v) is 14.5. The lowest BCUT2D eigenvalue weighted by molar-refractivity contribution is -0.0366. The molecule has 6 rings (SSSR count). The molecular formula is C30H32FN7O2S. The molecule has 0 unspecified atom stereocenters. The topological polar surface area (TPSA) is 101 Å². The molecule has 212 valence electrons. The second-order valence-electron chi connectivity index (χ2n) is 10.7. The molecule has 0 atom stereocenters. The third-order valence-corrected chi connectivity index (χ3v) is 8.66. The number of benzene rings is 2. The Kier molecular flexibility index (Phi) is 7.52. The Hall–Kier alpha value is -3.77. The molecule has 5 aromatic rings. The maximum atomic E-state index is 14.8. The fraction of sp³-hybridized carbons (Fsp3) is 0.333. The lowest BCUT2D eigenvalue weighted by Crippen LogP contribution is -2.47. The predicted octanol–water partition coefficient (Wildman–Crippen LogP) is 3.81. The molecule has 1 fully saturated rings. The number of hydrogen-bond acceptors (Lipinski definition) is 8. The van der Waals surface area contributed by atoms with Crippen molar-refractivity contribution in [2.45, 2.75) is 38.1 Å². The van der Waals surface area contributed by atoms with Gasteiger partial charge >= 0.3 is 0 Å². The molecule has 41 heavy (non-hydrogen) atoms. The number of likely N-dealkylation sites (tertiary alicyclic amines) is 1. The van der Waals surface area contributed by atoms with E-state index in [0.29, 0.717) is 43.6 Å². The van der Waals surface area contributed by atoms with Crippen molar-refractivity contribution in [3.8, 4) is 21.7 Å². The van der Waals surface area contributed by atoms with Gasteiger partial charge in [-0.25, -0.2) is 9.37 Å². The molecule has 0 bridgehead atoms. The number of aliphatic hydroxyl groups is 1. The van der Waals surface area contributed by atoms with Crippen molar-refractivity contribution < 1.29 is 9.50 Å². The van der Waals surface area contributed by atoms with Crippen molar-refractivity contribution in [2.75, 3.05) is 20.1 Å². The molecule has 1 aliphatic heterocycles. The number of fused-ring (bicyclic) bond motifs is 1. The minimum absolute atomic E-state index is 0.130. The average molecular weight is 574 g/mol. The lowest BCUT2D eigenvalue weighted by atomic mass is 9.91. The number of nitrogens with zero attached hydrogens (tertiary/aromatic N) is 6. The first kappa shape index (κ1) is 27.4. The number of aryl methyl sites for hydroxylation is 1. The maximum absolute atomic E-state index is 14.8. The average Bonchev–Trinajstić information content (AvgIpc) is 3.62. The monoisotopic (exact) mass is 573 g/mol. The van der Waals surface area contributed by atoms with E-state index in [1.165, 1.54) is 22.2 Å². The summed E-state index contributed by atoms with van der Waals surface area (Å²) in [5.74, 6) is -0.244. The Labute approximate surface area is 240 Å². The van der Waals surface area contributed by atoms with Crippen LogP contribution < -0.4 is 10.9 Å². The fourth-order valence-corrected chi connectivity index (χ4v) is 6.17. The van der Waals surface area contributed by atoms with Crippen molar-refractivity contribution in [1.29, 1.82) is 0 Å². The van der Waals surface area contributed by atoms with Gasteiger partial charge in [0.25, 0.3) is 5.56 Å². The highest BCUT2D eigenvalue weighted by Crippen LogP contribution is 2.29. The molecular weight excluding hydrogens is 541 g/mol. The van der Waals surface area contributed by atoms with Crippen LogP contribution in [-0.2, 0) is 26.7 Å². The van der Waals surface area contributed by atoms with Gasteiger partial charge in [-0.2, -0.15) is 5.10 Å². The molecule has 11 heteroatoms. The summed E-state index contributed by atoms with van der Waals surface area (Å²) in [6.07, 6.45) is 4.17. The van der Waals surface area contributed by atoms with Gasteiger partial charge in [-0.15, -0.1) is 11.3 Å². The molecule has 2 N–H and O–H groups in total. The second-order valence-corrected chi connectivity index (χ2v) is 11.6. The standard InChI is InChI=1S/C30H32FN7O2S/c1-32-14-20-3-5-21(6-4-20)28-26-27(35-36(28)2)29(39)38(18-34-26)17-30(40)9-11-37(12-10-30)16-23-8-7-22(13-24(23)31)25-15-33-19-41-25/h3-8,13,15,18-19,32,40H,9-12,14,16-17H2,1-2H3. The molecule has 2 aromatic carbocycles. The molecule has 0 aliphatic carbocycles. The number of hydrogen-bond donors (Lipinski definition) is 2. The SMILES string of the molecule is CNCc1ccc(-c2c3ncn(CC4(O)CCN(Cc5ccc(-c6cncs6)cc5F)CC4)c(=O)c3nn2C)cc1. The summed E-state index contributed by atoms with van der Waals surface area (Å²) >= 11 is 1.48. The number of nitrogens with one attached hydrogen (secondary N) is 1. The summed E-state index contributed by atoms with van der Waals surface area (Å²) in [5.41, 5.74) is 5.53. The Morgan fingerprint density at radius 2 is 1.85 bits per heavy atom. The summed E-state index contributed by atoms with van der Waals surface area (Å²) in [6, 6.07) is 13.4. The smallest absolute Gasteiger partial charge is 0.281 e. The van der Waals surface area contributed by atoms with E-state index < -0.39 is 5.60 Å². The quantitative estimate of drug-likeness (QED) is 0.291. The minimum Gasteiger partial charge on any atom is -0.388 e. The van der Waals surface area contributed by atoms with Crippen molar-refractivity contribution in [3.05, 3.63) is 87.8 Å². The van der Waals surface area contributed by atoms with Gasteiger partial charge in [0, 0.05) is 50.6 Å². The molecule has 9 nitrogen and oxygen atoms in total. The van der Waals surface area contributed by atoms with E-state index in [1.807, 2.05) is 43.4 Å². The zero-order valence-electron chi connectivity index (χ0n) is 23.0. The minimum atomic E-state index is -1.06. The van der Waals surface area contributed by atoms with Crippen LogP contribution >= 0.6 is 11.3 Å². The number of aromatic nitrogens is 5. The summed E-state index contributed by atoms with van der Waals surface area (Å²) in [4.78, 5) is 25.1. The zero-order chi connectivity index (χ0) is 28.6. The van der Waals surface area contributed by atoms with Gasteiger partial charge in [-0.1, -0.05) is 36.4 Å². The Morgan fingerprint density at radius 1 is 1.10 bits per heavy atom. The Bertz CT molecular complexity index is 1720. The van der Waals surface area contributed by atoms with E-state index in [-0.39, 0.29) is 23.4 Å². The summed E-state index contributed by atoms with van der Waals surface area (Å²) in [7, 11) is 3.71. The normalized spacial score (nSPS) is 15.5. The number of thiazole rings is 1. The van der Waals surface area contributed by atoms with Crippen LogP contribution in [0.15, 0.2) is 65.3 Å². The fourth-order valence-electron chi connectivity index (χ4n) is 5.55.